The molecule has 154 valence electrons. The molecule has 0 radical (unpaired) electrons. The summed E-state index contributed by atoms with van der Waals surface area (Å²) in [6.07, 6.45) is 8.05. The second-order valence-electron chi connectivity index (χ2n) is 9.60. The number of allylic oxidation sites excluding steroid dienone is 2. The van der Waals surface area contributed by atoms with Crippen molar-refractivity contribution in [2.75, 3.05) is 7.05 Å². The predicted molar refractivity (Wildman–Crippen MR) is 128 cm³/mol. The van der Waals surface area contributed by atoms with E-state index in [1.807, 2.05) is 0 Å². The van der Waals surface area contributed by atoms with Gasteiger partial charge in [-0.25, -0.2) is 4.58 Å². The van der Waals surface area contributed by atoms with Crippen LogP contribution in [0.4, 0.5) is 0 Å². The topological polar surface area (TPSA) is 12.2 Å². The largest absolute Gasteiger partial charge is 0.460 e. The Balaban J connectivity index is 1.63. The minimum Gasteiger partial charge on any atom is -0.460 e. The normalized spacial score (nSPS) is 20.9. The summed E-state index contributed by atoms with van der Waals surface area (Å²) in [5.74, 6) is 3.23. The van der Waals surface area contributed by atoms with E-state index in [9.17, 15) is 0 Å². The first-order chi connectivity index (χ1) is 15.0. The fourth-order valence-electron chi connectivity index (χ4n) is 5.85. The number of rotatable bonds is 2. The molecule has 31 heavy (non-hydrogen) atoms. The van der Waals surface area contributed by atoms with Gasteiger partial charge in [0.1, 0.15) is 24.5 Å². The van der Waals surface area contributed by atoms with E-state index < -0.39 is 0 Å². The Morgan fingerprint density at radius 1 is 1.06 bits per heavy atom. The molecule has 0 aromatic heterocycles. The van der Waals surface area contributed by atoms with Crippen molar-refractivity contribution in [2.24, 2.45) is 11.8 Å². The Hall–Kier alpha value is -3.13. The van der Waals surface area contributed by atoms with Crippen LogP contribution in [0.1, 0.15) is 47.6 Å². The van der Waals surface area contributed by atoms with E-state index in [1.54, 1.807) is 0 Å². The van der Waals surface area contributed by atoms with Crippen LogP contribution in [-0.4, -0.2) is 17.3 Å². The number of aryl methyl sites for hydroxylation is 1. The van der Waals surface area contributed by atoms with Crippen LogP contribution in [0.5, 0.6) is 5.75 Å². The third-order valence-corrected chi connectivity index (χ3v) is 7.10. The van der Waals surface area contributed by atoms with Crippen molar-refractivity contribution in [1.82, 2.24) is 0 Å². The summed E-state index contributed by atoms with van der Waals surface area (Å²) in [5, 5.41) is 2.54. The second kappa shape index (κ2) is 6.68. The van der Waals surface area contributed by atoms with Gasteiger partial charge < -0.3 is 4.74 Å². The highest BCUT2D eigenvalue weighted by Crippen LogP contribution is 2.50. The molecule has 3 aromatic rings. The molecule has 0 spiro atoms. The van der Waals surface area contributed by atoms with Gasteiger partial charge >= 0.3 is 0 Å². The van der Waals surface area contributed by atoms with E-state index in [2.05, 4.69) is 99.3 Å². The standard InChI is InChI=1S/C29H28NO/c1-17(2)14-20-9-7-10-21-16-25-28-23(27(20)21)12-13-30(4)29(28)26-18(3)22-11-6-5-8-19(22)15-24(26)31-25/h5-13,15-17,23,28H,14H2,1-4H3/q+1. The van der Waals surface area contributed by atoms with Crippen LogP contribution in [0, 0.1) is 18.8 Å². The molecule has 2 heterocycles. The van der Waals surface area contributed by atoms with Crippen molar-refractivity contribution in [2.45, 2.75) is 33.1 Å². The van der Waals surface area contributed by atoms with Gasteiger partial charge in [-0.15, -0.1) is 0 Å². The van der Waals surface area contributed by atoms with Crippen molar-refractivity contribution in [3.63, 3.8) is 0 Å². The Kier molecular flexibility index (Phi) is 4.02. The Labute approximate surface area is 184 Å². The average Bonchev–Trinajstić information content (AvgIpc) is 2.75. The minimum atomic E-state index is 0.225. The molecule has 3 aromatic carbocycles. The quantitative estimate of drug-likeness (QED) is 0.445. The van der Waals surface area contributed by atoms with Crippen LogP contribution < -0.4 is 4.74 Å². The summed E-state index contributed by atoms with van der Waals surface area (Å²) in [7, 11) is 2.18. The smallest absolute Gasteiger partial charge is 0.204 e. The van der Waals surface area contributed by atoms with Gasteiger partial charge in [0.15, 0.2) is 6.20 Å². The Morgan fingerprint density at radius 3 is 2.74 bits per heavy atom. The molecule has 6 rings (SSSR count). The summed E-state index contributed by atoms with van der Waals surface area (Å²) in [6.45, 7) is 6.86. The van der Waals surface area contributed by atoms with Crippen molar-refractivity contribution in [3.8, 4) is 5.75 Å². The molecule has 0 bridgehead atoms. The lowest BCUT2D eigenvalue weighted by Gasteiger charge is -2.38. The van der Waals surface area contributed by atoms with E-state index in [4.69, 9.17) is 4.74 Å². The van der Waals surface area contributed by atoms with Gasteiger partial charge in [-0.05, 0) is 70.5 Å². The van der Waals surface area contributed by atoms with E-state index in [0.29, 0.717) is 11.8 Å². The Bertz CT molecular complexity index is 1340. The van der Waals surface area contributed by atoms with Crippen molar-refractivity contribution in [3.05, 3.63) is 94.4 Å². The number of hydrogen-bond acceptors (Lipinski definition) is 1. The molecule has 0 saturated heterocycles. The highest BCUT2D eigenvalue weighted by molar-refractivity contribution is 6.10. The van der Waals surface area contributed by atoms with Crippen LogP contribution in [0.15, 0.2) is 66.6 Å². The summed E-state index contributed by atoms with van der Waals surface area (Å²) in [6, 6.07) is 17.6. The summed E-state index contributed by atoms with van der Waals surface area (Å²) in [4.78, 5) is 0. The maximum atomic E-state index is 6.67. The first-order valence-electron chi connectivity index (χ1n) is 11.3. The Morgan fingerprint density at radius 2 is 1.90 bits per heavy atom. The maximum absolute atomic E-state index is 6.67. The molecule has 0 N–H and O–H groups in total. The first kappa shape index (κ1) is 18.6. The molecular weight excluding hydrogens is 378 g/mol. The van der Waals surface area contributed by atoms with E-state index >= 15 is 0 Å². The van der Waals surface area contributed by atoms with Gasteiger partial charge in [-0.3, -0.25) is 0 Å². The van der Waals surface area contributed by atoms with Gasteiger partial charge in [0.05, 0.1) is 5.56 Å². The van der Waals surface area contributed by atoms with Gasteiger partial charge in [0.2, 0.25) is 5.71 Å². The zero-order valence-corrected chi connectivity index (χ0v) is 18.6. The monoisotopic (exact) mass is 406 g/mol. The maximum Gasteiger partial charge on any atom is 0.204 e. The zero-order chi connectivity index (χ0) is 21.3. The van der Waals surface area contributed by atoms with Crippen molar-refractivity contribution < 1.29 is 9.31 Å². The van der Waals surface area contributed by atoms with Crippen LogP contribution >= 0.6 is 0 Å². The van der Waals surface area contributed by atoms with Crippen molar-refractivity contribution >= 4 is 22.6 Å². The lowest BCUT2D eigenvalue weighted by atomic mass is 9.69. The van der Waals surface area contributed by atoms with Crippen molar-refractivity contribution in [1.29, 1.82) is 0 Å². The van der Waals surface area contributed by atoms with E-state index in [1.165, 1.54) is 44.3 Å². The lowest BCUT2D eigenvalue weighted by Crippen LogP contribution is -2.40. The number of benzene rings is 3. The molecular formula is C29H28NO+. The highest BCUT2D eigenvalue weighted by Gasteiger charge is 2.47. The summed E-state index contributed by atoms with van der Waals surface area (Å²) < 4.78 is 8.98. The first-order valence-corrected chi connectivity index (χ1v) is 11.3. The van der Waals surface area contributed by atoms with E-state index in [-0.39, 0.29) is 5.92 Å². The van der Waals surface area contributed by atoms with Gasteiger partial charge in [-0.1, -0.05) is 56.3 Å². The third kappa shape index (κ3) is 2.67. The summed E-state index contributed by atoms with van der Waals surface area (Å²) >= 11 is 0. The van der Waals surface area contributed by atoms with Gasteiger partial charge in [0.25, 0.3) is 0 Å². The molecule has 2 nitrogen and oxygen atoms in total. The highest BCUT2D eigenvalue weighted by atomic mass is 16.5. The van der Waals surface area contributed by atoms with Gasteiger partial charge in [-0.2, -0.15) is 0 Å². The molecule has 2 unspecified atom stereocenters. The fourth-order valence-corrected chi connectivity index (χ4v) is 5.85. The molecule has 2 atom stereocenters. The number of ether oxygens (including phenoxy) is 1. The second-order valence-corrected chi connectivity index (χ2v) is 9.60. The minimum absolute atomic E-state index is 0.225. The SMILES string of the molecule is Cc1c2c(cc3ccccc13)OC1=Cc3cccc(CC(C)C)c3C3C=C[N+](C)=C2C13. The van der Waals surface area contributed by atoms with Crippen LogP contribution in [0.2, 0.25) is 0 Å². The molecule has 0 saturated carbocycles. The fraction of sp³-hybridized carbons (Fsp3) is 0.276. The lowest BCUT2D eigenvalue weighted by molar-refractivity contribution is -0.427. The van der Waals surface area contributed by atoms with Crippen LogP contribution in [-0.2, 0) is 6.42 Å². The average molecular weight is 407 g/mol. The predicted octanol–water partition coefficient (Wildman–Crippen LogP) is 6.45. The van der Waals surface area contributed by atoms with Gasteiger partial charge in [0, 0.05) is 5.92 Å². The number of hydrogen-bond donors (Lipinski definition) is 0. The van der Waals surface area contributed by atoms with Crippen LogP contribution in [0.3, 0.4) is 0 Å². The molecule has 0 fully saturated rings. The third-order valence-electron chi connectivity index (χ3n) is 7.10. The summed E-state index contributed by atoms with van der Waals surface area (Å²) in [5.41, 5.74) is 8.21. The molecule has 1 aliphatic carbocycles. The molecule has 0 amide bonds. The van der Waals surface area contributed by atoms with E-state index in [0.717, 1.165) is 17.9 Å². The molecule has 2 heteroatoms. The molecule has 3 aliphatic rings. The molecule has 2 aliphatic heterocycles. The van der Waals surface area contributed by atoms with Crippen LogP contribution in [0.25, 0.3) is 16.8 Å². The number of nitrogens with zero attached hydrogens (tertiary/aromatic N) is 1. The zero-order valence-electron chi connectivity index (χ0n) is 18.6. The number of fused-ring (bicyclic) bond motifs is 5.